The first-order valence-corrected chi connectivity index (χ1v) is 12.1. The van der Waals surface area contributed by atoms with Gasteiger partial charge in [-0.3, -0.25) is 4.90 Å². The smallest absolute Gasteiger partial charge is 0.114 e. The Morgan fingerprint density at radius 3 is 2.67 bits per heavy atom. The molecule has 0 radical (unpaired) electrons. The van der Waals surface area contributed by atoms with Gasteiger partial charge in [-0.25, -0.2) is 4.98 Å². The first-order valence-electron chi connectivity index (χ1n) is 12.1. The molecule has 3 heterocycles. The second kappa shape index (κ2) is 8.12. The quantitative estimate of drug-likeness (QED) is 0.702. The third kappa shape index (κ3) is 3.73. The lowest BCUT2D eigenvalue weighted by molar-refractivity contribution is 0.184. The molecule has 2 saturated heterocycles. The van der Waals surface area contributed by atoms with Crippen molar-refractivity contribution in [1.82, 2.24) is 19.8 Å². The Morgan fingerprint density at radius 1 is 1.13 bits per heavy atom. The number of piperidine rings is 1. The van der Waals surface area contributed by atoms with Crippen LogP contribution in [0, 0.1) is 5.41 Å². The average Bonchev–Trinajstić information content (AvgIpc) is 3.39. The molecule has 1 N–H and O–H groups in total. The molecule has 2 aromatic rings. The summed E-state index contributed by atoms with van der Waals surface area (Å²) in [6.07, 6.45) is 7.69. The number of fused-ring (bicyclic) bond motifs is 1. The number of allylic oxidation sites excluding steroid dienone is 1. The Balaban J connectivity index is 1.35. The number of likely N-dealkylation sites (tertiary alicyclic amines) is 1. The highest BCUT2D eigenvalue weighted by molar-refractivity contribution is 5.76. The monoisotopic (exact) mass is 406 g/mol. The molecule has 5 rings (SSSR count). The third-order valence-corrected chi connectivity index (χ3v) is 8.04. The molecule has 2 aliphatic heterocycles. The zero-order valence-electron chi connectivity index (χ0n) is 19.1. The van der Waals surface area contributed by atoms with Crippen LogP contribution in [-0.4, -0.2) is 47.2 Å². The van der Waals surface area contributed by atoms with Gasteiger partial charge in [0.1, 0.15) is 5.82 Å². The standard InChI is InChI=1S/C26H38N4/c1-19-7-6-13-26(2,3)22(19)18-29-15-11-21(12-16-29)30-24-9-5-4-8-23(24)28-25(30)20-10-14-27-17-20/h4-5,8-9,20-21,27H,6-7,10-18H2,1-3H3/t20-/m1/s1. The molecule has 30 heavy (non-hydrogen) atoms. The minimum atomic E-state index is 0.377. The summed E-state index contributed by atoms with van der Waals surface area (Å²) in [4.78, 5) is 7.83. The van der Waals surface area contributed by atoms with Gasteiger partial charge in [-0.05, 0) is 69.5 Å². The third-order valence-electron chi connectivity index (χ3n) is 8.04. The molecule has 1 aromatic carbocycles. The van der Waals surface area contributed by atoms with E-state index in [-0.39, 0.29) is 0 Å². The lowest BCUT2D eigenvalue weighted by Crippen LogP contribution is -2.39. The number of rotatable bonds is 4. The molecule has 1 atom stereocenters. The fraction of sp³-hybridized carbons (Fsp3) is 0.654. The van der Waals surface area contributed by atoms with Gasteiger partial charge in [-0.15, -0.1) is 0 Å². The Morgan fingerprint density at radius 2 is 1.93 bits per heavy atom. The van der Waals surface area contributed by atoms with Crippen molar-refractivity contribution in [3.8, 4) is 0 Å². The maximum atomic E-state index is 5.11. The van der Waals surface area contributed by atoms with Crippen LogP contribution in [0.4, 0.5) is 0 Å². The van der Waals surface area contributed by atoms with Crippen LogP contribution in [0.15, 0.2) is 35.4 Å². The van der Waals surface area contributed by atoms with Crippen LogP contribution in [0.5, 0.6) is 0 Å². The normalized spacial score (nSPS) is 26.0. The molecule has 1 aromatic heterocycles. The Bertz CT molecular complexity index is 924. The molecule has 2 fully saturated rings. The predicted molar refractivity (Wildman–Crippen MR) is 125 cm³/mol. The van der Waals surface area contributed by atoms with E-state index >= 15 is 0 Å². The molecule has 4 nitrogen and oxygen atoms in total. The van der Waals surface area contributed by atoms with Crippen LogP contribution in [0.2, 0.25) is 0 Å². The Hall–Kier alpha value is -1.65. The first-order chi connectivity index (χ1) is 14.5. The maximum Gasteiger partial charge on any atom is 0.114 e. The highest BCUT2D eigenvalue weighted by atomic mass is 15.2. The second-order valence-corrected chi connectivity index (χ2v) is 10.5. The summed E-state index contributed by atoms with van der Waals surface area (Å²) in [5, 5.41) is 3.54. The van der Waals surface area contributed by atoms with Crippen LogP contribution in [0.1, 0.15) is 77.1 Å². The van der Waals surface area contributed by atoms with Gasteiger partial charge in [0.2, 0.25) is 0 Å². The van der Waals surface area contributed by atoms with Crippen LogP contribution < -0.4 is 5.32 Å². The summed E-state index contributed by atoms with van der Waals surface area (Å²) in [6.45, 7) is 13.1. The molecule has 1 aliphatic carbocycles. The fourth-order valence-corrected chi connectivity index (χ4v) is 6.19. The van der Waals surface area contributed by atoms with Gasteiger partial charge in [-0.1, -0.05) is 37.1 Å². The Kier molecular flexibility index (Phi) is 5.49. The molecule has 0 saturated carbocycles. The molecule has 3 aliphatic rings. The van der Waals surface area contributed by atoms with E-state index in [1.165, 1.54) is 75.0 Å². The molecular weight excluding hydrogens is 368 g/mol. The highest BCUT2D eigenvalue weighted by Gasteiger charge is 2.32. The number of imidazole rings is 1. The van der Waals surface area contributed by atoms with E-state index in [1.54, 1.807) is 11.1 Å². The van der Waals surface area contributed by atoms with Crippen LogP contribution in [-0.2, 0) is 0 Å². The van der Waals surface area contributed by atoms with Crippen molar-refractivity contribution in [2.24, 2.45) is 5.41 Å². The molecule has 162 valence electrons. The topological polar surface area (TPSA) is 33.1 Å². The molecule has 0 bridgehead atoms. The van der Waals surface area contributed by atoms with Gasteiger partial charge in [0.15, 0.2) is 0 Å². The average molecular weight is 407 g/mol. The maximum absolute atomic E-state index is 5.11. The van der Waals surface area contributed by atoms with Crippen molar-refractivity contribution < 1.29 is 0 Å². The minimum Gasteiger partial charge on any atom is -0.324 e. The first kappa shape index (κ1) is 20.3. The number of nitrogens with one attached hydrogen (secondary N) is 1. The summed E-state index contributed by atoms with van der Waals surface area (Å²) >= 11 is 0. The lowest BCUT2D eigenvalue weighted by atomic mass is 9.72. The summed E-state index contributed by atoms with van der Waals surface area (Å²) in [5.41, 5.74) is 6.27. The van der Waals surface area contributed by atoms with E-state index in [4.69, 9.17) is 4.98 Å². The molecule has 4 heteroatoms. The summed E-state index contributed by atoms with van der Waals surface area (Å²) in [6, 6.07) is 9.35. The largest absolute Gasteiger partial charge is 0.324 e. The molecule has 0 unspecified atom stereocenters. The van der Waals surface area contributed by atoms with E-state index in [0.29, 0.717) is 17.4 Å². The summed E-state index contributed by atoms with van der Waals surface area (Å²) in [5.74, 6) is 1.89. The molecule has 0 spiro atoms. The van der Waals surface area contributed by atoms with E-state index in [0.717, 1.165) is 13.1 Å². The summed E-state index contributed by atoms with van der Waals surface area (Å²) in [7, 11) is 0. The van der Waals surface area contributed by atoms with Gasteiger partial charge < -0.3 is 9.88 Å². The van der Waals surface area contributed by atoms with Crippen molar-refractivity contribution in [2.45, 2.75) is 71.3 Å². The number of para-hydroxylation sites is 2. The van der Waals surface area contributed by atoms with Gasteiger partial charge in [-0.2, -0.15) is 0 Å². The van der Waals surface area contributed by atoms with E-state index < -0.39 is 0 Å². The zero-order chi connectivity index (χ0) is 20.7. The van der Waals surface area contributed by atoms with Crippen LogP contribution in [0.25, 0.3) is 11.0 Å². The van der Waals surface area contributed by atoms with Crippen LogP contribution in [0.3, 0.4) is 0 Å². The Labute approximate surface area is 181 Å². The lowest BCUT2D eigenvalue weighted by Gasteiger charge is -2.40. The second-order valence-electron chi connectivity index (χ2n) is 10.5. The fourth-order valence-electron chi connectivity index (χ4n) is 6.19. The number of nitrogens with zero attached hydrogens (tertiary/aromatic N) is 3. The van der Waals surface area contributed by atoms with Crippen LogP contribution >= 0.6 is 0 Å². The van der Waals surface area contributed by atoms with Gasteiger partial charge >= 0.3 is 0 Å². The highest BCUT2D eigenvalue weighted by Crippen LogP contribution is 2.41. The minimum absolute atomic E-state index is 0.377. The summed E-state index contributed by atoms with van der Waals surface area (Å²) < 4.78 is 2.62. The van der Waals surface area contributed by atoms with E-state index in [9.17, 15) is 0 Å². The molecule has 0 amide bonds. The number of aromatic nitrogens is 2. The SMILES string of the molecule is CC1=C(CN2CCC(n3c([C@@H]4CCNC4)nc4ccccc43)CC2)C(C)(C)CCC1. The van der Waals surface area contributed by atoms with Crippen molar-refractivity contribution >= 4 is 11.0 Å². The number of benzene rings is 1. The van der Waals surface area contributed by atoms with Crippen molar-refractivity contribution in [3.63, 3.8) is 0 Å². The number of hydrogen-bond donors (Lipinski definition) is 1. The van der Waals surface area contributed by atoms with Crippen molar-refractivity contribution in [2.75, 3.05) is 32.7 Å². The van der Waals surface area contributed by atoms with Gasteiger partial charge in [0.25, 0.3) is 0 Å². The zero-order valence-corrected chi connectivity index (χ0v) is 19.1. The van der Waals surface area contributed by atoms with Gasteiger partial charge in [0, 0.05) is 38.1 Å². The van der Waals surface area contributed by atoms with Gasteiger partial charge in [0.05, 0.1) is 11.0 Å². The van der Waals surface area contributed by atoms with Crippen molar-refractivity contribution in [1.29, 1.82) is 0 Å². The predicted octanol–water partition coefficient (Wildman–Crippen LogP) is 5.28. The molecular formula is C26H38N4. The van der Waals surface area contributed by atoms with Crippen molar-refractivity contribution in [3.05, 3.63) is 41.2 Å². The van der Waals surface area contributed by atoms with E-state index in [1.807, 2.05) is 0 Å². The van der Waals surface area contributed by atoms with E-state index in [2.05, 4.69) is 59.8 Å². The number of hydrogen-bond acceptors (Lipinski definition) is 3.